The van der Waals surface area contributed by atoms with Gasteiger partial charge in [-0.2, -0.15) is 0 Å². The van der Waals surface area contributed by atoms with Crippen molar-refractivity contribution in [2.75, 3.05) is 13.1 Å². The molecule has 4 nitrogen and oxygen atoms in total. The molecular formula is C19H38N2O2. The smallest absolute Gasteiger partial charge is 0.407 e. The van der Waals surface area contributed by atoms with Crippen molar-refractivity contribution in [3.8, 4) is 0 Å². The van der Waals surface area contributed by atoms with Gasteiger partial charge >= 0.3 is 6.09 Å². The molecule has 0 aromatic heterocycles. The van der Waals surface area contributed by atoms with Crippen LogP contribution in [-0.4, -0.2) is 30.3 Å². The molecular weight excluding hydrogens is 288 g/mol. The van der Waals surface area contributed by atoms with Gasteiger partial charge in [-0.15, -0.1) is 0 Å². The molecule has 0 aromatic carbocycles. The molecule has 0 spiro atoms. The summed E-state index contributed by atoms with van der Waals surface area (Å²) in [6, 6.07) is 0. The maximum atomic E-state index is 11.9. The second-order valence-electron chi connectivity index (χ2n) is 8.06. The molecule has 0 atom stereocenters. The van der Waals surface area contributed by atoms with E-state index >= 15 is 0 Å². The highest BCUT2D eigenvalue weighted by Gasteiger charge is 2.27. The number of rotatable bonds is 8. The summed E-state index contributed by atoms with van der Waals surface area (Å²) in [4.78, 5) is 11.9. The van der Waals surface area contributed by atoms with Crippen LogP contribution in [0.4, 0.5) is 4.79 Å². The topological polar surface area (TPSA) is 50.4 Å². The molecule has 136 valence electrons. The van der Waals surface area contributed by atoms with Crippen molar-refractivity contribution in [3.05, 3.63) is 0 Å². The van der Waals surface area contributed by atoms with Crippen molar-refractivity contribution in [3.63, 3.8) is 0 Å². The van der Waals surface area contributed by atoms with Gasteiger partial charge in [-0.25, -0.2) is 4.79 Å². The number of amides is 1. The maximum absolute atomic E-state index is 11.9. The van der Waals surface area contributed by atoms with Crippen LogP contribution in [0.5, 0.6) is 0 Å². The number of carbonyl (C=O) groups excluding carboxylic acids is 1. The van der Waals surface area contributed by atoms with E-state index in [0.717, 1.165) is 25.3 Å². The lowest BCUT2D eigenvalue weighted by Gasteiger charge is -2.34. The highest BCUT2D eigenvalue weighted by Crippen LogP contribution is 2.26. The quantitative estimate of drug-likeness (QED) is 0.684. The highest BCUT2D eigenvalue weighted by molar-refractivity contribution is 5.67. The lowest BCUT2D eigenvalue weighted by Crippen LogP contribution is -2.53. The van der Waals surface area contributed by atoms with Crippen LogP contribution < -0.4 is 10.6 Å². The zero-order chi connectivity index (χ0) is 17.3. The van der Waals surface area contributed by atoms with Gasteiger partial charge in [0.15, 0.2) is 0 Å². The first-order valence-electron chi connectivity index (χ1n) is 9.52. The Morgan fingerprint density at radius 1 is 1.09 bits per heavy atom. The van der Waals surface area contributed by atoms with Gasteiger partial charge < -0.3 is 15.4 Å². The van der Waals surface area contributed by atoms with E-state index in [1.807, 2.05) is 20.8 Å². The lowest BCUT2D eigenvalue weighted by molar-refractivity contribution is 0.0507. The molecule has 0 aromatic rings. The number of hydrogen-bond acceptors (Lipinski definition) is 3. The number of alkyl carbamates (subject to hydrolysis) is 1. The zero-order valence-electron chi connectivity index (χ0n) is 16.0. The standard InChI is InChI=1S/C19H38N2O2/c1-6-19(7-2,15-20-17(22)23-18(3,4)5)21-14-13-16-11-9-8-10-12-16/h16,21H,6-15H2,1-5H3,(H,20,22). The zero-order valence-corrected chi connectivity index (χ0v) is 16.0. The molecule has 0 saturated heterocycles. The predicted molar refractivity (Wildman–Crippen MR) is 96.7 cm³/mol. The van der Waals surface area contributed by atoms with Crippen LogP contribution in [0.2, 0.25) is 0 Å². The summed E-state index contributed by atoms with van der Waals surface area (Å²) in [7, 11) is 0. The molecule has 23 heavy (non-hydrogen) atoms. The molecule has 1 fully saturated rings. The predicted octanol–water partition coefficient (Wildman–Crippen LogP) is 4.63. The molecule has 0 radical (unpaired) electrons. The fraction of sp³-hybridized carbons (Fsp3) is 0.947. The first-order chi connectivity index (χ1) is 10.8. The lowest BCUT2D eigenvalue weighted by atomic mass is 9.86. The van der Waals surface area contributed by atoms with Crippen molar-refractivity contribution >= 4 is 6.09 Å². The second-order valence-corrected chi connectivity index (χ2v) is 8.06. The van der Waals surface area contributed by atoms with E-state index in [-0.39, 0.29) is 11.6 Å². The Morgan fingerprint density at radius 2 is 1.70 bits per heavy atom. The molecule has 4 heteroatoms. The Hall–Kier alpha value is -0.770. The SMILES string of the molecule is CCC(CC)(CNC(=O)OC(C)(C)C)NCCC1CCCCC1. The van der Waals surface area contributed by atoms with Gasteiger partial charge in [0.25, 0.3) is 0 Å². The molecule has 0 bridgehead atoms. The van der Waals surface area contributed by atoms with E-state index in [1.54, 1.807) is 0 Å². The molecule has 0 heterocycles. The molecule has 1 amide bonds. The third-order valence-electron chi connectivity index (χ3n) is 5.10. The van der Waals surface area contributed by atoms with Crippen LogP contribution in [0.15, 0.2) is 0 Å². The van der Waals surface area contributed by atoms with Crippen LogP contribution in [0.1, 0.15) is 86.0 Å². The van der Waals surface area contributed by atoms with Gasteiger partial charge in [0, 0.05) is 12.1 Å². The minimum Gasteiger partial charge on any atom is -0.444 e. The first kappa shape index (κ1) is 20.3. The number of nitrogens with one attached hydrogen (secondary N) is 2. The Morgan fingerprint density at radius 3 is 2.22 bits per heavy atom. The Labute approximate surface area is 143 Å². The average molecular weight is 327 g/mol. The number of ether oxygens (including phenoxy) is 1. The molecule has 0 unspecified atom stereocenters. The molecule has 2 N–H and O–H groups in total. The number of hydrogen-bond donors (Lipinski definition) is 2. The van der Waals surface area contributed by atoms with Crippen LogP contribution in [0.3, 0.4) is 0 Å². The van der Waals surface area contributed by atoms with Gasteiger partial charge in [0.1, 0.15) is 5.60 Å². The van der Waals surface area contributed by atoms with Crippen molar-refractivity contribution in [1.29, 1.82) is 0 Å². The van der Waals surface area contributed by atoms with Gasteiger partial charge in [0.2, 0.25) is 0 Å². The monoisotopic (exact) mass is 326 g/mol. The van der Waals surface area contributed by atoms with E-state index in [0.29, 0.717) is 6.54 Å². The van der Waals surface area contributed by atoms with E-state index in [9.17, 15) is 4.79 Å². The van der Waals surface area contributed by atoms with Crippen LogP contribution in [0.25, 0.3) is 0 Å². The minimum absolute atomic E-state index is 0.0223. The third kappa shape index (κ3) is 8.05. The Kier molecular flexibility index (Phi) is 8.38. The molecule has 1 saturated carbocycles. The van der Waals surface area contributed by atoms with Gasteiger partial charge in [-0.05, 0) is 52.5 Å². The highest BCUT2D eigenvalue weighted by atomic mass is 16.6. The molecule has 1 rings (SSSR count). The van der Waals surface area contributed by atoms with Gasteiger partial charge in [0.05, 0.1) is 0 Å². The number of carbonyl (C=O) groups is 1. The van der Waals surface area contributed by atoms with Crippen LogP contribution in [-0.2, 0) is 4.74 Å². The largest absolute Gasteiger partial charge is 0.444 e. The molecule has 1 aliphatic carbocycles. The summed E-state index contributed by atoms with van der Waals surface area (Å²) < 4.78 is 5.34. The van der Waals surface area contributed by atoms with Crippen molar-refractivity contribution in [2.24, 2.45) is 5.92 Å². The van der Waals surface area contributed by atoms with Crippen molar-refractivity contribution < 1.29 is 9.53 Å². The summed E-state index contributed by atoms with van der Waals surface area (Å²) in [5.74, 6) is 0.890. The van der Waals surface area contributed by atoms with E-state index in [2.05, 4.69) is 24.5 Å². The van der Waals surface area contributed by atoms with Crippen LogP contribution in [0, 0.1) is 5.92 Å². The fourth-order valence-electron chi connectivity index (χ4n) is 3.39. The maximum Gasteiger partial charge on any atom is 0.407 e. The Bertz CT molecular complexity index is 340. The summed E-state index contributed by atoms with van der Waals surface area (Å²) in [5.41, 5.74) is -0.467. The normalized spacial score (nSPS) is 17.1. The summed E-state index contributed by atoms with van der Waals surface area (Å²) in [6.45, 7) is 11.7. The molecule has 1 aliphatic rings. The minimum atomic E-state index is -0.445. The van der Waals surface area contributed by atoms with Crippen LogP contribution >= 0.6 is 0 Å². The Balaban J connectivity index is 2.39. The average Bonchev–Trinajstić information content (AvgIpc) is 2.50. The van der Waals surface area contributed by atoms with Crippen molar-refractivity contribution in [1.82, 2.24) is 10.6 Å². The molecule has 0 aliphatic heterocycles. The van der Waals surface area contributed by atoms with Gasteiger partial charge in [-0.1, -0.05) is 46.0 Å². The fourth-order valence-corrected chi connectivity index (χ4v) is 3.39. The summed E-state index contributed by atoms with van der Waals surface area (Å²) >= 11 is 0. The van der Waals surface area contributed by atoms with Crippen molar-refractivity contribution in [2.45, 2.75) is 97.1 Å². The summed E-state index contributed by atoms with van der Waals surface area (Å²) in [6.07, 6.45) is 9.94. The summed E-state index contributed by atoms with van der Waals surface area (Å²) in [5, 5.41) is 6.67. The van der Waals surface area contributed by atoms with E-state index < -0.39 is 5.60 Å². The van der Waals surface area contributed by atoms with E-state index in [4.69, 9.17) is 4.74 Å². The third-order valence-corrected chi connectivity index (χ3v) is 5.10. The van der Waals surface area contributed by atoms with Gasteiger partial charge in [-0.3, -0.25) is 0 Å². The first-order valence-corrected chi connectivity index (χ1v) is 9.52. The van der Waals surface area contributed by atoms with E-state index in [1.165, 1.54) is 38.5 Å². The second kappa shape index (κ2) is 9.51.